The lowest BCUT2D eigenvalue weighted by molar-refractivity contribution is -0.134. The number of hydrogen-bond acceptors (Lipinski definition) is 5. The second-order valence-corrected chi connectivity index (χ2v) is 8.33. The quantitative estimate of drug-likeness (QED) is 0.737. The largest absolute Gasteiger partial charge is 0.491 e. The van der Waals surface area contributed by atoms with Crippen molar-refractivity contribution >= 4 is 5.91 Å². The van der Waals surface area contributed by atoms with E-state index in [1.165, 1.54) is 32.1 Å². The van der Waals surface area contributed by atoms with Crippen molar-refractivity contribution in [3.63, 3.8) is 0 Å². The maximum Gasteiger partial charge on any atom is 0.236 e. The van der Waals surface area contributed by atoms with Gasteiger partial charge in [-0.3, -0.25) is 9.69 Å². The number of carbonyl (C=O) groups excluding carboxylic acids is 1. The van der Waals surface area contributed by atoms with E-state index in [0.29, 0.717) is 25.7 Å². The van der Waals surface area contributed by atoms with E-state index in [1.54, 1.807) is 4.90 Å². The Morgan fingerprint density at radius 1 is 1.21 bits per heavy atom. The fourth-order valence-electron chi connectivity index (χ4n) is 4.20. The molecule has 1 unspecified atom stereocenters. The van der Waals surface area contributed by atoms with Gasteiger partial charge in [0.05, 0.1) is 6.54 Å². The number of aliphatic hydroxyl groups excluding tert-OH is 1. The van der Waals surface area contributed by atoms with E-state index in [-0.39, 0.29) is 12.5 Å². The van der Waals surface area contributed by atoms with Crippen molar-refractivity contribution in [2.24, 2.45) is 0 Å². The summed E-state index contributed by atoms with van der Waals surface area (Å²) >= 11 is 0. The van der Waals surface area contributed by atoms with E-state index >= 15 is 0 Å². The SMILES string of the molecule is CN1CCN(Cc2ccccc2OCC(O)CN(C)C2CCCCC2)CC1=O. The van der Waals surface area contributed by atoms with Gasteiger partial charge < -0.3 is 19.6 Å². The minimum atomic E-state index is -0.509. The van der Waals surface area contributed by atoms with Crippen LogP contribution in [0.25, 0.3) is 0 Å². The Kier molecular flexibility index (Phi) is 7.71. The summed E-state index contributed by atoms with van der Waals surface area (Å²) in [7, 11) is 3.96. The molecule has 28 heavy (non-hydrogen) atoms. The van der Waals surface area contributed by atoms with Gasteiger partial charge in [0.25, 0.3) is 0 Å². The molecular weight excluding hydrogens is 354 g/mol. The second-order valence-electron chi connectivity index (χ2n) is 8.33. The predicted molar refractivity (Wildman–Crippen MR) is 110 cm³/mol. The normalized spacial score (nSPS) is 20.6. The van der Waals surface area contributed by atoms with Gasteiger partial charge in [0, 0.05) is 44.8 Å². The molecule has 1 heterocycles. The molecule has 1 aliphatic carbocycles. The number of aliphatic hydroxyl groups is 1. The summed E-state index contributed by atoms with van der Waals surface area (Å²) in [6.07, 6.45) is 5.89. The van der Waals surface area contributed by atoms with Crippen LogP contribution in [0.2, 0.25) is 0 Å². The molecular formula is C22H35N3O3. The Bertz CT molecular complexity index is 633. The van der Waals surface area contributed by atoms with Crippen LogP contribution in [0.4, 0.5) is 0 Å². The van der Waals surface area contributed by atoms with Crippen molar-refractivity contribution in [1.82, 2.24) is 14.7 Å². The van der Waals surface area contributed by atoms with E-state index in [9.17, 15) is 9.90 Å². The lowest BCUT2D eigenvalue weighted by atomic mass is 9.94. The smallest absolute Gasteiger partial charge is 0.236 e. The van der Waals surface area contributed by atoms with Gasteiger partial charge in [-0.25, -0.2) is 0 Å². The van der Waals surface area contributed by atoms with Crippen LogP contribution in [0.15, 0.2) is 24.3 Å². The number of likely N-dealkylation sites (N-methyl/N-ethyl adjacent to an activating group) is 2. The second kappa shape index (κ2) is 10.2. The molecule has 1 atom stereocenters. The van der Waals surface area contributed by atoms with Crippen molar-refractivity contribution in [3.05, 3.63) is 29.8 Å². The number of benzene rings is 1. The number of rotatable bonds is 8. The zero-order valence-electron chi connectivity index (χ0n) is 17.3. The Hall–Kier alpha value is -1.63. The van der Waals surface area contributed by atoms with Gasteiger partial charge in [0.15, 0.2) is 0 Å². The summed E-state index contributed by atoms with van der Waals surface area (Å²) in [6, 6.07) is 8.52. The van der Waals surface area contributed by atoms with Gasteiger partial charge in [0.2, 0.25) is 5.91 Å². The first kappa shape index (κ1) is 21.1. The Morgan fingerprint density at radius 2 is 1.96 bits per heavy atom. The summed E-state index contributed by atoms with van der Waals surface area (Å²) in [5.41, 5.74) is 1.06. The van der Waals surface area contributed by atoms with Crippen LogP contribution in [0.5, 0.6) is 5.75 Å². The average molecular weight is 390 g/mol. The molecule has 0 radical (unpaired) electrons. The first-order valence-electron chi connectivity index (χ1n) is 10.6. The van der Waals surface area contributed by atoms with Crippen LogP contribution in [-0.4, -0.2) is 84.7 Å². The topological polar surface area (TPSA) is 56.2 Å². The van der Waals surface area contributed by atoms with Crippen molar-refractivity contribution in [2.75, 3.05) is 46.9 Å². The Labute approximate surface area is 169 Å². The van der Waals surface area contributed by atoms with E-state index in [1.807, 2.05) is 31.3 Å². The standard InChI is InChI=1S/C22H35N3O3/c1-23-12-13-25(16-22(23)27)14-18-8-6-7-11-21(18)28-17-20(26)15-24(2)19-9-4-3-5-10-19/h6-8,11,19-20,26H,3-5,9-10,12-17H2,1-2H3. The molecule has 2 fully saturated rings. The minimum absolute atomic E-state index is 0.158. The van der Waals surface area contributed by atoms with E-state index in [2.05, 4.69) is 16.8 Å². The maximum atomic E-state index is 11.9. The van der Waals surface area contributed by atoms with Crippen molar-refractivity contribution < 1.29 is 14.6 Å². The molecule has 1 saturated heterocycles. The van der Waals surface area contributed by atoms with Crippen molar-refractivity contribution in [2.45, 2.75) is 50.8 Å². The summed E-state index contributed by atoms with van der Waals surface area (Å²) < 4.78 is 5.98. The summed E-state index contributed by atoms with van der Waals surface area (Å²) in [6.45, 7) is 3.68. The minimum Gasteiger partial charge on any atom is -0.491 e. The molecule has 2 aliphatic rings. The monoisotopic (exact) mass is 389 g/mol. The molecule has 6 heteroatoms. The van der Waals surface area contributed by atoms with Crippen molar-refractivity contribution in [1.29, 1.82) is 0 Å². The highest BCUT2D eigenvalue weighted by Gasteiger charge is 2.23. The van der Waals surface area contributed by atoms with E-state index in [4.69, 9.17) is 4.74 Å². The van der Waals surface area contributed by atoms with E-state index in [0.717, 1.165) is 24.4 Å². The third-order valence-electron chi connectivity index (χ3n) is 6.03. The first-order valence-corrected chi connectivity index (χ1v) is 10.6. The van der Waals surface area contributed by atoms with Crippen LogP contribution in [0.1, 0.15) is 37.7 Å². The molecule has 1 N–H and O–H groups in total. The molecule has 6 nitrogen and oxygen atoms in total. The number of ether oxygens (including phenoxy) is 1. The third kappa shape index (κ3) is 5.93. The van der Waals surface area contributed by atoms with Gasteiger partial charge in [0.1, 0.15) is 18.5 Å². The molecule has 1 aromatic rings. The highest BCUT2D eigenvalue weighted by atomic mass is 16.5. The molecule has 1 amide bonds. The zero-order chi connectivity index (χ0) is 19.9. The van der Waals surface area contributed by atoms with Crippen LogP contribution >= 0.6 is 0 Å². The molecule has 0 aromatic heterocycles. The van der Waals surface area contributed by atoms with Gasteiger partial charge in [-0.05, 0) is 26.0 Å². The van der Waals surface area contributed by atoms with Crippen LogP contribution in [0, 0.1) is 0 Å². The fourth-order valence-corrected chi connectivity index (χ4v) is 4.20. The number of hydrogen-bond donors (Lipinski definition) is 1. The summed E-state index contributed by atoms with van der Waals surface area (Å²) in [5, 5.41) is 10.5. The number of piperazine rings is 1. The van der Waals surface area contributed by atoms with Gasteiger partial charge >= 0.3 is 0 Å². The van der Waals surface area contributed by atoms with E-state index < -0.39 is 6.10 Å². The van der Waals surface area contributed by atoms with Crippen LogP contribution < -0.4 is 4.74 Å². The summed E-state index contributed by atoms with van der Waals surface area (Å²) in [4.78, 5) is 18.2. The van der Waals surface area contributed by atoms with Crippen LogP contribution in [-0.2, 0) is 11.3 Å². The molecule has 3 rings (SSSR count). The van der Waals surface area contributed by atoms with Crippen LogP contribution in [0.3, 0.4) is 0 Å². The Morgan fingerprint density at radius 3 is 2.71 bits per heavy atom. The van der Waals surface area contributed by atoms with Gasteiger partial charge in [-0.2, -0.15) is 0 Å². The molecule has 1 aromatic carbocycles. The Balaban J connectivity index is 1.49. The average Bonchev–Trinajstić information content (AvgIpc) is 2.71. The van der Waals surface area contributed by atoms with Gasteiger partial charge in [-0.1, -0.05) is 37.5 Å². The molecule has 0 bridgehead atoms. The summed E-state index contributed by atoms with van der Waals surface area (Å²) in [5.74, 6) is 0.957. The highest BCUT2D eigenvalue weighted by molar-refractivity contribution is 5.78. The fraction of sp³-hybridized carbons (Fsp3) is 0.682. The first-order chi connectivity index (χ1) is 13.5. The number of para-hydroxylation sites is 1. The molecule has 0 spiro atoms. The number of amides is 1. The lowest BCUT2D eigenvalue weighted by Crippen LogP contribution is -2.48. The molecule has 1 aliphatic heterocycles. The van der Waals surface area contributed by atoms with Crippen molar-refractivity contribution in [3.8, 4) is 5.75 Å². The molecule has 1 saturated carbocycles. The van der Waals surface area contributed by atoms with Gasteiger partial charge in [-0.15, -0.1) is 0 Å². The predicted octanol–water partition coefficient (Wildman–Crippen LogP) is 1.96. The zero-order valence-corrected chi connectivity index (χ0v) is 17.3. The third-order valence-corrected chi connectivity index (χ3v) is 6.03. The maximum absolute atomic E-state index is 11.9. The number of nitrogens with zero attached hydrogens (tertiary/aromatic N) is 3. The highest BCUT2D eigenvalue weighted by Crippen LogP contribution is 2.23. The lowest BCUT2D eigenvalue weighted by Gasteiger charge is -2.33. The molecule has 156 valence electrons. The number of carbonyl (C=O) groups is 1.